The molecule has 0 unspecified atom stereocenters. The smallest absolute Gasteiger partial charge is 0.406 e. The van der Waals surface area contributed by atoms with Crippen molar-refractivity contribution in [2.24, 2.45) is 0 Å². The topological polar surface area (TPSA) is 48.3 Å². The maximum absolute atomic E-state index is 12.4. The zero-order valence-electron chi connectivity index (χ0n) is 13.2. The van der Waals surface area contributed by atoms with Crippen molar-refractivity contribution in [3.63, 3.8) is 0 Å². The fraction of sp³-hybridized carbons (Fsp3) is 0.0526. The fourth-order valence-electron chi connectivity index (χ4n) is 2.42. The molecule has 0 amide bonds. The Balaban J connectivity index is 1.82. The predicted octanol–water partition coefficient (Wildman–Crippen LogP) is 4.25. The first-order valence-electron chi connectivity index (χ1n) is 7.52. The Kier molecular flexibility index (Phi) is 4.62. The van der Waals surface area contributed by atoms with Crippen molar-refractivity contribution in [3.8, 4) is 5.75 Å². The second kappa shape index (κ2) is 6.87. The van der Waals surface area contributed by atoms with Gasteiger partial charge in [0, 0.05) is 23.7 Å². The summed E-state index contributed by atoms with van der Waals surface area (Å²) in [6, 6.07) is 13.1. The van der Waals surface area contributed by atoms with E-state index in [1.165, 1.54) is 41.1 Å². The zero-order valence-corrected chi connectivity index (χ0v) is 13.2. The molecule has 0 fully saturated rings. The van der Waals surface area contributed by atoms with Crippen molar-refractivity contribution >= 4 is 22.9 Å². The van der Waals surface area contributed by atoms with Gasteiger partial charge in [0.2, 0.25) is 0 Å². The van der Waals surface area contributed by atoms with Gasteiger partial charge in [0.15, 0.2) is 5.43 Å². The van der Waals surface area contributed by atoms with Crippen LogP contribution in [0.4, 0.5) is 13.2 Å². The van der Waals surface area contributed by atoms with Gasteiger partial charge < -0.3 is 4.74 Å². The summed E-state index contributed by atoms with van der Waals surface area (Å²) in [6.45, 7) is 0. The number of hydrogen-bond acceptors (Lipinski definition) is 3. The molecular formula is C19H12F3NO3. The molecule has 132 valence electrons. The largest absolute Gasteiger partial charge is 0.573 e. The number of fused-ring (bicyclic) bond motifs is 1. The number of alkyl halides is 3. The number of pyridine rings is 1. The number of aromatic nitrogens is 1. The Morgan fingerprint density at radius 3 is 2.38 bits per heavy atom. The maximum atomic E-state index is 12.4. The average molecular weight is 359 g/mol. The number of carbonyl (C=O) groups excluding carboxylic acids is 1. The van der Waals surface area contributed by atoms with E-state index in [0.717, 1.165) is 12.1 Å². The van der Waals surface area contributed by atoms with Crippen molar-refractivity contribution in [2.45, 2.75) is 6.36 Å². The van der Waals surface area contributed by atoms with Gasteiger partial charge in [-0.05, 0) is 35.9 Å². The lowest BCUT2D eigenvalue weighted by molar-refractivity contribution is -0.274. The minimum atomic E-state index is -4.75. The first-order chi connectivity index (χ1) is 12.3. The Morgan fingerprint density at radius 2 is 1.69 bits per heavy atom. The summed E-state index contributed by atoms with van der Waals surface area (Å²) in [5.74, 6) is -0.732. The normalized spacial score (nSPS) is 11.8. The first kappa shape index (κ1) is 17.5. The SMILES string of the molecule is O=C(/C=C/c1ccc(OC(F)(F)F)cc1)n1ccc(=O)c2ccccc21. The van der Waals surface area contributed by atoms with Crippen LogP contribution in [0, 0.1) is 0 Å². The van der Waals surface area contributed by atoms with Crippen LogP contribution in [0.2, 0.25) is 0 Å². The molecule has 0 saturated heterocycles. The van der Waals surface area contributed by atoms with Crippen molar-refractivity contribution < 1.29 is 22.7 Å². The third-order valence-corrected chi connectivity index (χ3v) is 3.57. The van der Waals surface area contributed by atoms with Gasteiger partial charge in [0.25, 0.3) is 5.91 Å². The van der Waals surface area contributed by atoms with E-state index in [1.54, 1.807) is 24.3 Å². The van der Waals surface area contributed by atoms with Gasteiger partial charge in [-0.15, -0.1) is 13.2 Å². The molecule has 4 nitrogen and oxygen atoms in total. The summed E-state index contributed by atoms with van der Waals surface area (Å²) >= 11 is 0. The molecule has 0 aliphatic carbocycles. The number of rotatable bonds is 3. The van der Waals surface area contributed by atoms with Gasteiger partial charge in [-0.1, -0.05) is 24.3 Å². The van der Waals surface area contributed by atoms with Gasteiger partial charge >= 0.3 is 6.36 Å². The molecule has 0 aliphatic rings. The minimum Gasteiger partial charge on any atom is -0.406 e. The van der Waals surface area contributed by atoms with Gasteiger partial charge in [-0.3, -0.25) is 14.2 Å². The average Bonchev–Trinajstić information content (AvgIpc) is 2.60. The van der Waals surface area contributed by atoms with E-state index in [-0.39, 0.29) is 11.2 Å². The Morgan fingerprint density at radius 1 is 1.00 bits per heavy atom. The van der Waals surface area contributed by atoms with E-state index in [1.807, 2.05) is 0 Å². The number of benzene rings is 2. The Bertz CT molecular complexity index is 1030. The van der Waals surface area contributed by atoms with Crippen molar-refractivity contribution in [1.29, 1.82) is 0 Å². The summed E-state index contributed by atoms with van der Waals surface area (Å²) in [4.78, 5) is 24.2. The molecule has 0 N–H and O–H groups in total. The van der Waals surface area contributed by atoms with E-state index in [9.17, 15) is 22.8 Å². The minimum absolute atomic E-state index is 0.186. The van der Waals surface area contributed by atoms with E-state index < -0.39 is 12.3 Å². The molecule has 0 saturated carbocycles. The molecule has 0 aliphatic heterocycles. The molecule has 2 aromatic carbocycles. The molecule has 0 bridgehead atoms. The van der Waals surface area contributed by atoms with E-state index in [4.69, 9.17) is 0 Å². The molecule has 1 heterocycles. The second-order valence-electron chi connectivity index (χ2n) is 5.36. The van der Waals surface area contributed by atoms with Crippen LogP contribution in [0.25, 0.3) is 17.0 Å². The summed E-state index contributed by atoms with van der Waals surface area (Å²) in [6.07, 6.45) is -0.626. The Hall–Kier alpha value is -3.35. The number of para-hydroxylation sites is 1. The number of halogens is 3. The van der Waals surface area contributed by atoms with Crippen molar-refractivity contribution in [3.05, 3.63) is 82.7 Å². The monoisotopic (exact) mass is 359 g/mol. The molecule has 0 spiro atoms. The summed E-state index contributed by atoms with van der Waals surface area (Å²) in [7, 11) is 0. The lowest BCUT2D eigenvalue weighted by Gasteiger charge is -2.08. The predicted molar refractivity (Wildman–Crippen MR) is 91.0 cm³/mol. The molecular weight excluding hydrogens is 347 g/mol. The van der Waals surface area contributed by atoms with Crippen LogP contribution in [-0.2, 0) is 0 Å². The van der Waals surface area contributed by atoms with Crippen LogP contribution in [-0.4, -0.2) is 16.8 Å². The summed E-state index contributed by atoms with van der Waals surface area (Å²) < 4.78 is 41.5. The second-order valence-corrected chi connectivity index (χ2v) is 5.36. The highest BCUT2D eigenvalue weighted by atomic mass is 19.4. The van der Waals surface area contributed by atoms with Crippen LogP contribution in [0.1, 0.15) is 10.4 Å². The standard InChI is InChI=1S/C19H12F3NO3/c20-19(21,22)26-14-8-5-13(6-9-14)7-10-18(25)23-12-11-17(24)15-3-1-2-4-16(15)23/h1-12H/b10-7+. The first-order valence-corrected chi connectivity index (χ1v) is 7.52. The van der Waals surface area contributed by atoms with E-state index >= 15 is 0 Å². The number of allylic oxidation sites excluding steroid dienone is 1. The third-order valence-electron chi connectivity index (χ3n) is 3.57. The highest BCUT2D eigenvalue weighted by Crippen LogP contribution is 2.23. The third kappa shape index (κ3) is 4.00. The fourth-order valence-corrected chi connectivity index (χ4v) is 2.42. The lowest BCUT2D eigenvalue weighted by Crippen LogP contribution is -2.16. The van der Waals surface area contributed by atoms with Crippen molar-refractivity contribution in [2.75, 3.05) is 0 Å². The quantitative estimate of drug-likeness (QED) is 0.657. The number of nitrogens with zero attached hydrogens (tertiary/aromatic N) is 1. The van der Waals surface area contributed by atoms with Crippen LogP contribution < -0.4 is 10.2 Å². The number of carbonyl (C=O) groups is 1. The van der Waals surface area contributed by atoms with Crippen LogP contribution in [0.3, 0.4) is 0 Å². The molecule has 7 heteroatoms. The highest BCUT2D eigenvalue weighted by molar-refractivity contribution is 5.99. The Labute approximate surface area is 145 Å². The van der Waals surface area contributed by atoms with Crippen LogP contribution in [0.5, 0.6) is 5.75 Å². The molecule has 0 atom stereocenters. The van der Waals surface area contributed by atoms with E-state index in [0.29, 0.717) is 16.5 Å². The molecule has 26 heavy (non-hydrogen) atoms. The highest BCUT2D eigenvalue weighted by Gasteiger charge is 2.30. The zero-order chi connectivity index (χ0) is 18.7. The summed E-state index contributed by atoms with van der Waals surface area (Å²) in [5.41, 5.74) is 0.815. The van der Waals surface area contributed by atoms with Crippen LogP contribution in [0.15, 0.2) is 71.7 Å². The molecule has 3 rings (SSSR count). The van der Waals surface area contributed by atoms with Gasteiger partial charge in [0.05, 0.1) is 5.52 Å². The summed E-state index contributed by atoms with van der Waals surface area (Å²) in [5, 5.41) is 0.422. The van der Waals surface area contributed by atoms with Gasteiger partial charge in [0.1, 0.15) is 5.75 Å². The molecule has 3 aromatic rings. The maximum Gasteiger partial charge on any atom is 0.573 e. The number of ether oxygens (including phenoxy) is 1. The number of hydrogen-bond donors (Lipinski definition) is 0. The lowest BCUT2D eigenvalue weighted by atomic mass is 10.2. The van der Waals surface area contributed by atoms with Crippen molar-refractivity contribution in [1.82, 2.24) is 4.57 Å². The van der Waals surface area contributed by atoms with E-state index in [2.05, 4.69) is 4.74 Å². The molecule has 1 aromatic heterocycles. The van der Waals surface area contributed by atoms with Gasteiger partial charge in [-0.2, -0.15) is 0 Å². The van der Waals surface area contributed by atoms with Gasteiger partial charge in [-0.25, -0.2) is 0 Å². The van der Waals surface area contributed by atoms with Crippen LogP contribution >= 0.6 is 0 Å². The molecule has 0 radical (unpaired) electrons.